The lowest BCUT2D eigenvalue weighted by molar-refractivity contribution is -0.131. The SMILES string of the molecule is CC(C)(C)c1ccc(CC(=O)N2Cc3ccc(S(=O)(=O)Nc4ccc(OCCc5ccncc5)cc4F)cc3C2)cc1. The molecule has 0 saturated carbocycles. The van der Waals surface area contributed by atoms with Gasteiger partial charge in [-0.1, -0.05) is 51.1 Å². The minimum Gasteiger partial charge on any atom is -0.493 e. The molecule has 0 spiro atoms. The first-order valence-electron chi connectivity index (χ1n) is 13.8. The smallest absolute Gasteiger partial charge is 0.261 e. The van der Waals surface area contributed by atoms with E-state index in [1.54, 1.807) is 29.4 Å². The molecule has 7 nitrogen and oxygen atoms in total. The molecule has 9 heteroatoms. The van der Waals surface area contributed by atoms with Crippen molar-refractivity contribution in [2.75, 3.05) is 11.3 Å². The molecule has 3 aromatic carbocycles. The third-order valence-corrected chi connectivity index (χ3v) is 8.70. The number of benzene rings is 3. The second-order valence-corrected chi connectivity index (χ2v) is 13.2. The van der Waals surface area contributed by atoms with Gasteiger partial charge in [0.15, 0.2) is 5.82 Å². The molecular formula is C33H34FN3O4S. The van der Waals surface area contributed by atoms with Crippen molar-refractivity contribution in [2.45, 2.75) is 57.0 Å². The molecule has 42 heavy (non-hydrogen) atoms. The van der Waals surface area contributed by atoms with Crippen molar-refractivity contribution in [1.29, 1.82) is 0 Å². The zero-order valence-electron chi connectivity index (χ0n) is 23.9. The molecule has 1 N–H and O–H groups in total. The lowest BCUT2D eigenvalue weighted by Gasteiger charge is -2.19. The number of amides is 1. The van der Waals surface area contributed by atoms with Gasteiger partial charge in [-0.3, -0.25) is 14.5 Å². The van der Waals surface area contributed by atoms with Gasteiger partial charge in [0, 0.05) is 38.0 Å². The minimum absolute atomic E-state index is 0.00500. The van der Waals surface area contributed by atoms with Gasteiger partial charge >= 0.3 is 0 Å². The summed E-state index contributed by atoms with van der Waals surface area (Å²) in [4.78, 5) is 18.7. The number of sulfonamides is 1. The lowest BCUT2D eigenvalue weighted by Crippen LogP contribution is -2.26. The molecule has 1 amide bonds. The fourth-order valence-corrected chi connectivity index (χ4v) is 5.95. The number of nitrogens with one attached hydrogen (secondary N) is 1. The summed E-state index contributed by atoms with van der Waals surface area (Å²) < 4.78 is 49.0. The maximum Gasteiger partial charge on any atom is 0.261 e. The van der Waals surface area contributed by atoms with Crippen LogP contribution >= 0.6 is 0 Å². The Kier molecular flexibility index (Phi) is 8.31. The number of rotatable bonds is 9. The largest absolute Gasteiger partial charge is 0.493 e. The molecule has 1 aliphatic rings. The van der Waals surface area contributed by atoms with Crippen LogP contribution in [0.3, 0.4) is 0 Å². The van der Waals surface area contributed by atoms with E-state index in [-0.39, 0.29) is 28.3 Å². The molecule has 0 radical (unpaired) electrons. The van der Waals surface area contributed by atoms with Crippen LogP contribution in [0, 0.1) is 5.82 Å². The van der Waals surface area contributed by atoms with Crippen LogP contribution in [0.25, 0.3) is 0 Å². The third-order valence-electron chi connectivity index (χ3n) is 7.33. The van der Waals surface area contributed by atoms with E-state index < -0.39 is 15.8 Å². The van der Waals surface area contributed by atoms with E-state index in [0.717, 1.165) is 28.3 Å². The number of nitrogens with zero attached hydrogens (tertiary/aromatic N) is 2. The standard InChI is InChI=1S/C33H34FN3O4S/c1-33(2,3)27-7-4-24(5-8-27)18-32(38)37-21-25-6-10-29(19-26(25)22-37)42(39,40)36-31-11-9-28(20-30(31)34)41-17-14-23-12-15-35-16-13-23/h4-13,15-16,19-20,36H,14,17-18,21-22H2,1-3H3. The highest BCUT2D eigenvalue weighted by molar-refractivity contribution is 7.92. The Morgan fingerprint density at radius 1 is 0.929 bits per heavy atom. The summed E-state index contributed by atoms with van der Waals surface area (Å²) in [7, 11) is -4.07. The third kappa shape index (κ3) is 6.97. The van der Waals surface area contributed by atoms with E-state index in [4.69, 9.17) is 4.74 Å². The highest BCUT2D eigenvalue weighted by atomic mass is 32.2. The number of hydrogen-bond donors (Lipinski definition) is 1. The van der Waals surface area contributed by atoms with Crippen molar-refractivity contribution in [3.05, 3.63) is 119 Å². The van der Waals surface area contributed by atoms with Crippen LogP contribution in [0.15, 0.2) is 90.1 Å². The molecule has 1 aliphatic heterocycles. The van der Waals surface area contributed by atoms with Crippen molar-refractivity contribution in [3.8, 4) is 5.75 Å². The molecule has 4 aromatic rings. The molecule has 0 fully saturated rings. The molecule has 0 bridgehead atoms. The van der Waals surface area contributed by atoms with Crippen molar-refractivity contribution < 1.29 is 22.3 Å². The van der Waals surface area contributed by atoms with Gasteiger partial charge in [0.1, 0.15) is 5.75 Å². The maximum absolute atomic E-state index is 14.8. The first kappa shape index (κ1) is 29.3. The number of aromatic nitrogens is 1. The van der Waals surface area contributed by atoms with E-state index in [9.17, 15) is 17.6 Å². The van der Waals surface area contributed by atoms with Gasteiger partial charge in [-0.05, 0) is 69.6 Å². The molecule has 0 aliphatic carbocycles. The van der Waals surface area contributed by atoms with Crippen molar-refractivity contribution in [1.82, 2.24) is 9.88 Å². The van der Waals surface area contributed by atoms with E-state index in [1.165, 1.54) is 23.8 Å². The first-order chi connectivity index (χ1) is 20.0. The zero-order chi connectivity index (χ0) is 29.9. The van der Waals surface area contributed by atoms with Crippen LogP contribution in [0.5, 0.6) is 5.75 Å². The van der Waals surface area contributed by atoms with E-state index in [0.29, 0.717) is 31.9 Å². The Balaban J connectivity index is 1.19. The van der Waals surface area contributed by atoms with Crippen LogP contribution in [-0.4, -0.2) is 30.8 Å². The highest BCUT2D eigenvalue weighted by Gasteiger charge is 2.26. The van der Waals surface area contributed by atoms with Gasteiger partial charge < -0.3 is 9.64 Å². The Morgan fingerprint density at radius 3 is 2.33 bits per heavy atom. The lowest BCUT2D eigenvalue weighted by atomic mass is 9.86. The van der Waals surface area contributed by atoms with Crippen molar-refractivity contribution in [3.63, 3.8) is 0 Å². The van der Waals surface area contributed by atoms with Gasteiger partial charge in [-0.25, -0.2) is 12.8 Å². The topological polar surface area (TPSA) is 88.6 Å². The quantitative estimate of drug-likeness (QED) is 0.259. The molecule has 0 saturated heterocycles. The monoisotopic (exact) mass is 587 g/mol. The van der Waals surface area contributed by atoms with Crippen LogP contribution in [0.4, 0.5) is 10.1 Å². The fraction of sp³-hybridized carbons (Fsp3) is 0.273. The predicted octanol–water partition coefficient (Wildman–Crippen LogP) is 6.03. The number of fused-ring (bicyclic) bond motifs is 1. The number of halogens is 1. The predicted molar refractivity (Wildman–Crippen MR) is 160 cm³/mol. The zero-order valence-corrected chi connectivity index (χ0v) is 24.7. The molecule has 218 valence electrons. The van der Waals surface area contributed by atoms with Crippen LogP contribution < -0.4 is 9.46 Å². The number of carbonyl (C=O) groups is 1. The fourth-order valence-electron chi connectivity index (χ4n) is 4.83. The summed E-state index contributed by atoms with van der Waals surface area (Å²) in [6.45, 7) is 7.51. The number of anilines is 1. The van der Waals surface area contributed by atoms with Gasteiger partial charge in [0.2, 0.25) is 5.91 Å². The van der Waals surface area contributed by atoms with Gasteiger partial charge in [0.05, 0.1) is 23.6 Å². The number of pyridine rings is 1. The summed E-state index contributed by atoms with van der Waals surface area (Å²) in [5.74, 6) is -0.465. The average Bonchev–Trinajstić information content (AvgIpc) is 3.39. The van der Waals surface area contributed by atoms with Crippen LogP contribution in [-0.2, 0) is 46.2 Å². The molecule has 1 aromatic heterocycles. The summed E-state index contributed by atoms with van der Waals surface area (Å²) in [5.41, 5.74) is 4.70. The summed E-state index contributed by atoms with van der Waals surface area (Å²) in [6, 6.07) is 20.6. The van der Waals surface area contributed by atoms with E-state index in [1.807, 2.05) is 24.3 Å². The molecule has 5 rings (SSSR count). The second kappa shape index (κ2) is 11.9. The second-order valence-electron chi connectivity index (χ2n) is 11.5. The minimum atomic E-state index is -4.07. The van der Waals surface area contributed by atoms with Crippen molar-refractivity contribution >= 4 is 21.6 Å². The van der Waals surface area contributed by atoms with Gasteiger partial charge in [-0.15, -0.1) is 0 Å². The van der Waals surface area contributed by atoms with Crippen molar-refractivity contribution in [2.24, 2.45) is 0 Å². The Bertz CT molecular complexity index is 1690. The molecule has 0 atom stereocenters. The number of carbonyl (C=O) groups excluding carboxylic acids is 1. The average molecular weight is 588 g/mol. The summed E-state index contributed by atoms with van der Waals surface area (Å²) in [6.07, 6.45) is 4.29. The van der Waals surface area contributed by atoms with Crippen LogP contribution in [0.1, 0.15) is 48.6 Å². The molecule has 2 heterocycles. The number of hydrogen-bond acceptors (Lipinski definition) is 5. The highest BCUT2D eigenvalue weighted by Crippen LogP contribution is 2.29. The summed E-state index contributed by atoms with van der Waals surface area (Å²) in [5, 5.41) is 0. The summed E-state index contributed by atoms with van der Waals surface area (Å²) >= 11 is 0. The molecular weight excluding hydrogens is 553 g/mol. The Labute approximate surface area is 246 Å². The number of ether oxygens (including phenoxy) is 1. The van der Waals surface area contributed by atoms with Gasteiger partial charge in [0.25, 0.3) is 10.0 Å². The Morgan fingerprint density at radius 2 is 1.64 bits per heavy atom. The normalized spacial score (nSPS) is 13.1. The molecule has 0 unspecified atom stereocenters. The van der Waals surface area contributed by atoms with E-state index >= 15 is 0 Å². The Hall–Kier alpha value is -4.24. The van der Waals surface area contributed by atoms with Crippen LogP contribution in [0.2, 0.25) is 0 Å². The van der Waals surface area contributed by atoms with E-state index in [2.05, 4.69) is 42.6 Å². The van der Waals surface area contributed by atoms with Gasteiger partial charge in [-0.2, -0.15) is 0 Å². The maximum atomic E-state index is 14.8. The first-order valence-corrected chi connectivity index (χ1v) is 15.3.